The van der Waals surface area contributed by atoms with E-state index in [1.54, 1.807) is 0 Å². The predicted octanol–water partition coefficient (Wildman–Crippen LogP) is 3.12. The zero-order chi connectivity index (χ0) is 5.54. The Morgan fingerprint density at radius 2 is 1.33 bits per heavy atom. The van der Waals surface area contributed by atoms with Crippen LogP contribution in [0.25, 0.3) is 0 Å². The van der Waals surface area contributed by atoms with Gasteiger partial charge in [-0.2, -0.15) is 0 Å². The summed E-state index contributed by atoms with van der Waals surface area (Å²) in [7, 11) is 0. The van der Waals surface area contributed by atoms with E-state index in [2.05, 4.69) is 13.2 Å². The topological polar surface area (TPSA) is 0 Å². The van der Waals surface area contributed by atoms with Gasteiger partial charge in [-0.15, -0.1) is 24.8 Å². The maximum absolute atomic E-state index is 3.63. The van der Waals surface area contributed by atoms with E-state index in [0.717, 1.165) is 0 Å². The van der Waals surface area contributed by atoms with E-state index < -0.39 is 0 Å². The van der Waals surface area contributed by atoms with Crippen molar-refractivity contribution in [1.82, 2.24) is 0 Å². The smallest absolute Gasteiger partial charge is 0.147 e. The van der Waals surface area contributed by atoms with Gasteiger partial charge in [-0.25, -0.2) is 0 Å². The molecule has 0 aliphatic heterocycles. The van der Waals surface area contributed by atoms with Crippen LogP contribution in [0.2, 0.25) is 9.45 Å². The Morgan fingerprint density at radius 3 is 1.56 bits per heavy atom. The van der Waals surface area contributed by atoms with Gasteiger partial charge in [-0.05, 0) is 0 Å². The summed E-state index contributed by atoms with van der Waals surface area (Å²) in [5.41, 5.74) is 0. The summed E-state index contributed by atoms with van der Waals surface area (Å²) in [5, 5.41) is 0. The molecule has 0 aromatic rings. The van der Waals surface area contributed by atoms with Crippen molar-refractivity contribution < 1.29 is 19.2 Å². The number of rotatable bonds is 4. The predicted molar refractivity (Wildman–Crippen MR) is 44.5 cm³/mol. The van der Waals surface area contributed by atoms with Crippen molar-refractivity contribution in [2.45, 2.75) is 9.45 Å². The molecule has 0 aliphatic rings. The molecular weight excluding hydrogens is 191 g/mol. The quantitative estimate of drug-likeness (QED) is 0.374. The van der Waals surface area contributed by atoms with E-state index in [9.17, 15) is 0 Å². The van der Waals surface area contributed by atoms with Gasteiger partial charge in [0.15, 0.2) is 0 Å². The van der Waals surface area contributed by atoms with Gasteiger partial charge < -0.3 is 0 Å². The molecule has 0 unspecified atom stereocenters. The Labute approximate surface area is 78.5 Å². The van der Waals surface area contributed by atoms with Crippen LogP contribution in [-0.4, -0.2) is 0 Å². The van der Waals surface area contributed by atoms with E-state index >= 15 is 0 Å². The Bertz CT molecular complexity index is 56.1. The summed E-state index contributed by atoms with van der Waals surface area (Å²) in [4.78, 5) is 0. The monoisotopic (exact) mass is 202 g/mol. The zero-order valence-electron chi connectivity index (χ0n) is 5.30. The minimum absolute atomic E-state index is 0. The first-order valence-electron chi connectivity index (χ1n) is 2.34. The number of hydrogen-bond acceptors (Lipinski definition) is 0. The minimum atomic E-state index is 0. The van der Waals surface area contributed by atoms with Crippen LogP contribution in [0.15, 0.2) is 25.3 Å². The zero-order valence-corrected chi connectivity index (χ0v) is 8.49. The average molecular weight is 203 g/mol. The second kappa shape index (κ2) is 15.9. The third-order valence-corrected chi connectivity index (χ3v) is 2.38. The van der Waals surface area contributed by atoms with Crippen molar-refractivity contribution in [2.75, 3.05) is 0 Å². The summed E-state index contributed by atoms with van der Waals surface area (Å²) in [5.74, 6) is 0. The van der Waals surface area contributed by atoms with Gasteiger partial charge in [-0.1, -0.05) is 0 Å². The summed E-state index contributed by atoms with van der Waals surface area (Å²) < 4.78 is 2.48. The third kappa shape index (κ3) is 17.7. The Balaban J connectivity index is -0.000000180. The van der Waals surface area contributed by atoms with Gasteiger partial charge in [0.2, 0.25) is 0 Å². The van der Waals surface area contributed by atoms with Crippen LogP contribution in [0.3, 0.4) is 0 Å². The Hall–Kier alpha value is 0.774. The van der Waals surface area contributed by atoms with Crippen LogP contribution in [0.4, 0.5) is 0 Å². The summed E-state index contributed by atoms with van der Waals surface area (Å²) in [6.07, 6.45) is 3.98. The van der Waals surface area contributed by atoms with Gasteiger partial charge in [0.1, 0.15) is 0 Å². The summed E-state index contributed by atoms with van der Waals surface area (Å²) >= 11 is 0.278. The van der Waals surface area contributed by atoms with Crippen molar-refractivity contribution >= 4 is 24.8 Å². The van der Waals surface area contributed by atoms with Gasteiger partial charge in [0.05, 0.1) is 0 Å². The molecule has 0 aromatic carbocycles. The van der Waals surface area contributed by atoms with Gasteiger partial charge >= 0.3 is 53.9 Å². The molecule has 0 aromatic heterocycles. The number of allylic oxidation sites excluding steroid dienone is 2. The molecule has 0 amide bonds. The van der Waals surface area contributed by atoms with E-state index in [-0.39, 0.29) is 44.0 Å². The second-order valence-electron chi connectivity index (χ2n) is 1.24. The first-order valence-corrected chi connectivity index (χ1v) is 4.55. The third-order valence-electron chi connectivity index (χ3n) is 0.577. The molecule has 54 valence electrons. The molecule has 0 heterocycles. The standard InChI is InChI=1S/2C3H5.2ClH.Ti/c2*1-3-2;;;/h2*3H,1-2H2;2*1H;. The summed E-state index contributed by atoms with van der Waals surface area (Å²) in [6, 6.07) is 0. The van der Waals surface area contributed by atoms with Crippen molar-refractivity contribution in [3.8, 4) is 0 Å². The molecule has 0 rings (SSSR count). The van der Waals surface area contributed by atoms with Gasteiger partial charge in [0, 0.05) is 0 Å². The fourth-order valence-electron chi connectivity index (χ4n) is 0.287. The van der Waals surface area contributed by atoms with Crippen molar-refractivity contribution in [3.63, 3.8) is 0 Å². The molecule has 9 heavy (non-hydrogen) atoms. The molecular formula is C6H12Cl2Ti. The van der Waals surface area contributed by atoms with Crippen LogP contribution < -0.4 is 0 Å². The van der Waals surface area contributed by atoms with Crippen LogP contribution >= 0.6 is 24.8 Å². The maximum atomic E-state index is 3.63. The molecule has 0 saturated heterocycles. The molecule has 0 atom stereocenters. The van der Waals surface area contributed by atoms with E-state index in [1.807, 2.05) is 12.2 Å². The Morgan fingerprint density at radius 1 is 1.00 bits per heavy atom. The SMILES string of the molecule is C=C[CH2][Ti][CH2]C=C.Cl.Cl. The van der Waals surface area contributed by atoms with Crippen LogP contribution in [-0.2, 0) is 19.2 Å². The fourth-order valence-corrected chi connectivity index (χ4v) is 1.19. The van der Waals surface area contributed by atoms with E-state index in [4.69, 9.17) is 0 Å². The van der Waals surface area contributed by atoms with Crippen LogP contribution in [0, 0.1) is 0 Å². The molecule has 0 N–H and O–H groups in total. The molecule has 0 spiro atoms. The van der Waals surface area contributed by atoms with E-state index in [1.165, 1.54) is 9.45 Å². The second-order valence-corrected chi connectivity index (χ2v) is 3.29. The molecule has 0 bridgehead atoms. The van der Waals surface area contributed by atoms with Crippen molar-refractivity contribution in [1.29, 1.82) is 0 Å². The Kier molecular flexibility index (Phi) is 29.0. The number of halogens is 2. The van der Waals surface area contributed by atoms with Crippen molar-refractivity contribution in [3.05, 3.63) is 25.3 Å². The van der Waals surface area contributed by atoms with Gasteiger partial charge in [0.25, 0.3) is 0 Å². The first-order chi connectivity index (χ1) is 3.41. The fraction of sp³-hybridized carbons (Fsp3) is 0.333. The normalized spacial score (nSPS) is 5.78. The molecule has 0 nitrogen and oxygen atoms in total. The number of hydrogen-bond donors (Lipinski definition) is 0. The molecule has 0 saturated carbocycles. The first kappa shape index (κ1) is 16.4. The van der Waals surface area contributed by atoms with Crippen LogP contribution in [0.1, 0.15) is 0 Å². The van der Waals surface area contributed by atoms with Gasteiger partial charge in [-0.3, -0.25) is 0 Å². The molecule has 0 fully saturated rings. The van der Waals surface area contributed by atoms with E-state index in [0.29, 0.717) is 0 Å². The maximum Gasteiger partial charge on any atom is -0.147 e. The summed E-state index contributed by atoms with van der Waals surface area (Å²) in [6.45, 7) is 7.26. The molecule has 0 aliphatic carbocycles. The molecule has 3 heteroatoms. The van der Waals surface area contributed by atoms with Crippen LogP contribution in [0.5, 0.6) is 0 Å². The molecule has 0 radical (unpaired) electrons. The van der Waals surface area contributed by atoms with Crippen molar-refractivity contribution in [2.24, 2.45) is 0 Å². The average Bonchev–Trinajstić information content (AvgIpc) is 1.69. The largest absolute Gasteiger partial charge is 0.147 e. The minimum Gasteiger partial charge on any atom is -0.147 e.